The van der Waals surface area contributed by atoms with Crippen LogP contribution in [0.1, 0.15) is 18.4 Å². The molecule has 1 fully saturated rings. The lowest BCUT2D eigenvalue weighted by Crippen LogP contribution is -2.30. The average Bonchev–Trinajstić information content (AvgIpc) is 3.23. The fourth-order valence-electron chi connectivity index (χ4n) is 2.35. The van der Waals surface area contributed by atoms with Gasteiger partial charge in [0.25, 0.3) is 0 Å². The number of nitrogens with one attached hydrogen (secondary N) is 1. The number of nitrogens with zero attached hydrogens (tertiary/aromatic N) is 1. The van der Waals surface area contributed by atoms with Crippen molar-refractivity contribution in [1.82, 2.24) is 4.98 Å². The number of anilines is 1. The number of aromatic nitrogens is 1. The molecule has 0 atom stereocenters. The van der Waals surface area contributed by atoms with Crippen molar-refractivity contribution in [1.29, 1.82) is 0 Å². The summed E-state index contributed by atoms with van der Waals surface area (Å²) in [5.41, 5.74) is 8.20. The van der Waals surface area contributed by atoms with Crippen molar-refractivity contribution in [3.8, 4) is 0 Å². The van der Waals surface area contributed by atoms with E-state index in [0.29, 0.717) is 6.54 Å². The molecule has 3 rings (SSSR count). The van der Waals surface area contributed by atoms with E-state index in [0.717, 1.165) is 35.0 Å². The Hall–Kier alpha value is -1.94. The summed E-state index contributed by atoms with van der Waals surface area (Å²) in [6, 6.07) is 7.77. The Morgan fingerprint density at radius 1 is 1.42 bits per heavy atom. The summed E-state index contributed by atoms with van der Waals surface area (Å²) in [4.78, 5) is 16.6. The molecule has 0 spiro atoms. The van der Waals surface area contributed by atoms with Crippen molar-refractivity contribution < 1.29 is 4.79 Å². The van der Waals surface area contributed by atoms with Gasteiger partial charge in [0.15, 0.2) is 0 Å². The Labute approximate surface area is 112 Å². The van der Waals surface area contributed by atoms with Crippen LogP contribution in [0.25, 0.3) is 10.9 Å². The smallest absolute Gasteiger partial charge is 0.231 e. The highest BCUT2D eigenvalue weighted by molar-refractivity contribution is 6.04. The summed E-state index contributed by atoms with van der Waals surface area (Å²) < 4.78 is 0. The Kier molecular flexibility index (Phi) is 2.75. The van der Waals surface area contributed by atoms with Crippen LogP contribution < -0.4 is 11.1 Å². The van der Waals surface area contributed by atoms with Gasteiger partial charge in [0, 0.05) is 18.1 Å². The van der Waals surface area contributed by atoms with Crippen LogP contribution in [0.4, 0.5) is 5.69 Å². The average molecular weight is 255 g/mol. The number of pyridine rings is 1. The second-order valence-corrected chi connectivity index (χ2v) is 5.27. The van der Waals surface area contributed by atoms with Gasteiger partial charge in [-0.15, -0.1) is 0 Å². The quantitative estimate of drug-likeness (QED) is 0.883. The molecule has 0 unspecified atom stereocenters. The van der Waals surface area contributed by atoms with E-state index in [9.17, 15) is 4.79 Å². The molecule has 3 N–H and O–H groups in total. The summed E-state index contributed by atoms with van der Waals surface area (Å²) >= 11 is 0. The van der Waals surface area contributed by atoms with Crippen molar-refractivity contribution in [2.45, 2.75) is 19.8 Å². The lowest BCUT2D eigenvalue weighted by Gasteiger charge is -2.14. The molecular formula is C15H17N3O. The molecule has 0 radical (unpaired) electrons. The Bertz CT molecular complexity index is 647. The predicted octanol–water partition coefficient (Wildman–Crippen LogP) is 2.22. The van der Waals surface area contributed by atoms with Crippen molar-refractivity contribution in [3.05, 3.63) is 36.0 Å². The first-order chi connectivity index (χ1) is 9.16. The molecule has 1 aliphatic rings. The van der Waals surface area contributed by atoms with E-state index in [1.54, 1.807) is 6.20 Å². The van der Waals surface area contributed by atoms with Crippen LogP contribution in [0.3, 0.4) is 0 Å². The Balaban J connectivity index is 1.98. The fourth-order valence-corrected chi connectivity index (χ4v) is 2.35. The molecule has 1 amide bonds. The summed E-state index contributed by atoms with van der Waals surface area (Å²) in [7, 11) is 0. The van der Waals surface area contributed by atoms with Crippen molar-refractivity contribution in [3.63, 3.8) is 0 Å². The van der Waals surface area contributed by atoms with E-state index in [-0.39, 0.29) is 11.3 Å². The van der Waals surface area contributed by atoms with Gasteiger partial charge >= 0.3 is 0 Å². The molecule has 0 saturated heterocycles. The molecule has 4 nitrogen and oxygen atoms in total. The third kappa shape index (κ3) is 1.98. The number of fused-ring (bicyclic) bond motifs is 1. The van der Waals surface area contributed by atoms with E-state index in [2.05, 4.69) is 10.3 Å². The summed E-state index contributed by atoms with van der Waals surface area (Å²) in [5, 5.41) is 3.98. The molecule has 0 aliphatic heterocycles. The van der Waals surface area contributed by atoms with Crippen LogP contribution in [0, 0.1) is 12.3 Å². The van der Waals surface area contributed by atoms with Crippen LogP contribution in [-0.2, 0) is 4.79 Å². The van der Waals surface area contributed by atoms with Crippen LogP contribution in [0.5, 0.6) is 0 Å². The monoisotopic (exact) mass is 255 g/mol. The number of amides is 1. The first-order valence-electron chi connectivity index (χ1n) is 6.52. The summed E-state index contributed by atoms with van der Waals surface area (Å²) in [6.07, 6.45) is 3.54. The van der Waals surface area contributed by atoms with Crippen molar-refractivity contribution in [2.75, 3.05) is 11.9 Å². The number of benzene rings is 1. The van der Waals surface area contributed by atoms with Gasteiger partial charge in [0.1, 0.15) is 0 Å². The highest BCUT2D eigenvalue weighted by Crippen LogP contribution is 2.45. The van der Waals surface area contributed by atoms with E-state index in [1.807, 2.05) is 31.2 Å². The van der Waals surface area contributed by atoms with Gasteiger partial charge < -0.3 is 11.1 Å². The molecular weight excluding hydrogens is 238 g/mol. The van der Waals surface area contributed by atoms with Gasteiger partial charge in [-0.3, -0.25) is 9.78 Å². The number of aryl methyl sites for hydroxylation is 1. The maximum atomic E-state index is 12.2. The van der Waals surface area contributed by atoms with Crippen LogP contribution in [-0.4, -0.2) is 17.4 Å². The summed E-state index contributed by atoms with van der Waals surface area (Å²) in [6.45, 7) is 2.43. The molecule has 1 heterocycles. The minimum atomic E-state index is -0.334. The number of rotatable bonds is 3. The first-order valence-corrected chi connectivity index (χ1v) is 6.52. The van der Waals surface area contributed by atoms with Gasteiger partial charge in [-0.05, 0) is 43.5 Å². The molecule has 2 aromatic rings. The molecule has 19 heavy (non-hydrogen) atoms. The lowest BCUT2D eigenvalue weighted by atomic mass is 10.1. The lowest BCUT2D eigenvalue weighted by molar-refractivity contribution is -0.120. The third-order valence-electron chi connectivity index (χ3n) is 3.95. The number of nitrogens with two attached hydrogens (primary N) is 1. The molecule has 1 aliphatic carbocycles. The normalized spacial score (nSPS) is 16.3. The molecule has 98 valence electrons. The number of hydrogen-bond acceptors (Lipinski definition) is 3. The second-order valence-electron chi connectivity index (χ2n) is 5.27. The van der Waals surface area contributed by atoms with Gasteiger partial charge in [-0.1, -0.05) is 6.07 Å². The first kappa shape index (κ1) is 12.1. The van der Waals surface area contributed by atoms with E-state index in [4.69, 9.17) is 5.73 Å². The number of hydrogen-bond donors (Lipinski definition) is 2. The number of carbonyl (C=O) groups is 1. The fraction of sp³-hybridized carbons (Fsp3) is 0.333. The highest BCUT2D eigenvalue weighted by atomic mass is 16.2. The van der Waals surface area contributed by atoms with Crippen molar-refractivity contribution >= 4 is 22.5 Å². The van der Waals surface area contributed by atoms with Crippen LogP contribution >= 0.6 is 0 Å². The van der Waals surface area contributed by atoms with Gasteiger partial charge in [0.05, 0.1) is 16.6 Å². The largest absolute Gasteiger partial charge is 0.329 e. The SMILES string of the molecule is Cc1ccc(NC(=O)C2(CN)CC2)c2cccnc12. The Morgan fingerprint density at radius 2 is 2.21 bits per heavy atom. The Morgan fingerprint density at radius 3 is 2.89 bits per heavy atom. The predicted molar refractivity (Wildman–Crippen MR) is 75.8 cm³/mol. The van der Waals surface area contributed by atoms with E-state index < -0.39 is 0 Å². The molecule has 1 aromatic heterocycles. The van der Waals surface area contributed by atoms with E-state index >= 15 is 0 Å². The maximum Gasteiger partial charge on any atom is 0.231 e. The van der Waals surface area contributed by atoms with E-state index in [1.165, 1.54) is 0 Å². The molecule has 1 aromatic carbocycles. The molecule has 1 saturated carbocycles. The summed E-state index contributed by atoms with van der Waals surface area (Å²) in [5.74, 6) is 0.0315. The van der Waals surface area contributed by atoms with Crippen molar-refractivity contribution in [2.24, 2.45) is 11.1 Å². The highest BCUT2D eigenvalue weighted by Gasteiger charge is 2.48. The zero-order valence-electron chi connectivity index (χ0n) is 10.9. The zero-order valence-corrected chi connectivity index (χ0v) is 10.9. The number of carbonyl (C=O) groups excluding carboxylic acids is 1. The van der Waals surface area contributed by atoms with Gasteiger partial charge in [-0.2, -0.15) is 0 Å². The third-order valence-corrected chi connectivity index (χ3v) is 3.95. The second kappa shape index (κ2) is 4.31. The van der Waals surface area contributed by atoms with Crippen LogP contribution in [0.2, 0.25) is 0 Å². The molecule has 0 bridgehead atoms. The minimum Gasteiger partial charge on any atom is -0.329 e. The standard InChI is InChI=1S/C15H17N3O/c1-10-4-5-12(11-3-2-8-17-13(10)11)18-14(19)15(9-16)6-7-15/h2-5,8H,6-7,9,16H2,1H3,(H,18,19). The molecule has 4 heteroatoms. The van der Waals surface area contributed by atoms with Crippen LogP contribution in [0.15, 0.2) is 30.5 Å². The zero-order chi connectivity index (χ0) is 13.5. The maximum absolute atomic E-state index is 12.2. The van der Waals surface area contributed by atoms with Gasteiger partial charge in [-0.25, -0.2) is 0 Å². The topological polar surface area (TPSA) is 68.0 Å². The van der Waals surface area contributed by atoms with Gasteiger partial charge in [0.2, 0.25) is 5.91 Å². The minimum absolute atomic E-state index is 0.0315.